The lowest BCUT2D eigenvalue weighted by Crippen LogP contribution is -2.20. The Labute approximate surface area is 94.9 Å². The minimum atomic E-state index is -0.922. The molecule has 0 amide bonds. The van der Waals surface area contributed by atoms with E-state index in [2.05, 4.69) is 16.8 Å². The zero-order chi connectivity index (χ0) is 11.5. The highest BCUT2D eigenvalue weighted by molar-refractivity contribution is 5.87. The van der Waals surface area contributed by atoms with E-state index in [1.54, 1.807) is 12.1 Å². The average molecular weight is 220 g/mol. The third-order valence-corrected chi connectivity index (χ3v) is 2.97. The highest BCUT2D eigenvalue weighted by Crippen LogP contribution is 2.17. The second-order valence-electron chi connectivity index (χ2n) is 4.47. The fraction of sp³-hybridized carbons (Fsp3) is 0.500. The smallest absolute Gasteiger partial charge is 0.337 e. The maximum Gasteiger partial charge on any atom is 0.337 e. The predicted octanol–water partition coefficient (Wildman–Crippen LogP) is 1.62. The first-order valence-electron chi connectivity index (χ1n) is 5.55. The van der Waals surface area contributed by atoms with Gasteiger partial charge in [0.1, 0.15) is 0 Å². The van der Waals surface area contributed by atoms with E-state index in [1.165, 1.54) is 12.6 Å². The van der Waals surface area contributed by atoms with Gasteiger partial charge in [-0.15, -0.1) is 0 Å². The summed E-state index contributed by atoms with van der Waals surface area (Å²) >= 11 is 0. The van der Waals surface area contributed by atoms with Gasteiger partial charge in [-0.05, 0) is 31.0 Å². The Hall–Kier alpha value is -1.42. The first kappa shape index (κ1) is 11.1. The lowest BCUT2D eigenvalue weighted by atomic mass is 10.2. The van der Waals surface area contributed by atoms with E-state index in [-0.39, 0.29) is 5.56 Å². The summed E-state index contributed by atoms with van der Waals surface area (Å²) in [6.07, 6.45) is 2.67. The van der Waals surface area contributed by atoms with Crippen molar-refractivity contribution in [3.8, 4) is 0 Å². The van der Waals surface area contributed by atoms with E-state index >= 15 is 0 Å². The maximum absolute atomic E-state index is 10.6. The van der Waals surface area contributed by atoms with Gasteiger partial charge in [-0.25, -0.2) is 4.79 Å². The van der Waals surface area contributed by atoms with E-state index < -0.39 is 5.97 Å². The van der Waals surface area contributed by atoms with Crippen molar-refractivity contribution in [1.29, 1.82) is 0 Å². The molecule has 16 heavy (non-hydrogen) atoms. The number of aromatic carboxylic acids is 1. The number of carboxylic acids is 1. The predicted molar refractivity (Wildman–Crippen MR) is 60.3 cm³/mol. The molecule has 0 bridgehead atoms. The normalized spacial score (nSPS) is 21.2. The molecular weight excluding hydrogens is 204 g/mol. The quantitative estimate of drug-likeness (QED) is 0.841. The number of hydrogen-bond acceptors (Lipinski definition) is 3. The van der Waals surface area contributed by atoms with Crippen LogP contribution in [0.25, 0.3) is 0 Å². The molecule has 0 saturated carbocycles. The van der Waals surface area contributed by atoms with E-state index in [0.29, 0.717) is 0 Å². The standard InChI is InChI=1S/C12H16N2O2/c1-9-4-5-14(7-9)8-11-3-2-10(6-13-11)12(15)16/h2-3,6,9H,4-5,7-8H2,1H3,(H,15,16). The summed E-state index contributed by atoms with van der Waals surface area (Å²) in [6, 6.07) is 3.41. The molecule has 0 spiro atoms. The topological polar surface area (TPSA) is 53.4 Å². The second kappa shape index (κ2) is 4.61. The molecular formula is C12H16N2O2. The van der Waals surface area contributed by atoms with E-state index in [1.807, 2.05) is 0 Å². The van der Waals surface area contributed by atoms with Gasteiger partial charge < -0.3 is 5.11 Å². The number of likely N-dealkylation sites (tertiary alicyclic amines) is 1. The van der Waals surface area contributed by atoms with Crippen molar-refractivity contribution in [2.24, 2.45) is 5.92 Å². The molecule has 4 nitrogen and oxygen atoms in total. The SMILES string of the molecule is CC1CCN(Cc2ccc(C(=O)O)cn2)C1. The molecule has 0 aromatic carbocycles. The number of carboxylic acid groups (broad SMARTS) is 1. The van der Waals surface area contributed by atoms with Crippen LogP contribution in [-0.2, 0) is 6.54 Å². The number of carbonyl (C=O) groups is 1. The van der Waals surface area contributed by atoms with Crippen LogP contribution in [-0.4, -0.2) is 34.0 Å². The molecule has 1 atom stereocenters. The largest absolute Gasteiger partial charge is 0.478 e. The van der Waals surface area contributed by atoms with Crippen LogP contribution in [0.1, 0.15) is 29.4 Å². The number of hydrogen-bond donors (Lipinski definition) is 1. The molecule has 2 heterocycles. The molecule has 0 radical (unpaired) electrons. The van der Waals surface area contributed by atoms with Gasteiger partial charge in [-0.1, -0.05) is 6.92 Å². The number of nitrogens with zero attached hydrogens (tertiary/aromatic N) is 2. The Morgan fingerprint density at radius 3 is 2.94 bits per heavy atom. The molecule has 2 rings (SSSR count). The maximum atomic E-state index is 10.6. The minimum Gasteiger partial charge on any atom is -0.478 e. The molecule has 1 saturated heterocycles. The summed E-state index contributed by atoms with van der Waals surface area (Å²) in [4.78, 5) is 17.2. The lowest BCUT2D eigenvalue weighted by molar-refractivity contribution is 0.0696. The van der Waals surface area contributed by atoms with Crippen molar-refractivity contribution in [1.82, 2.24) is 9.88 Å². The first-order valence-corrected chi connectivity index (χ1v) is 5.55. The van der Waals surface area contributed by atoms with Crippen LogP contribution < -0.4 is 0 Å². The Balaban J connectivity index is 1.97. The second-order valence-corrected chi connectivity index (χ2v) is 4.47. The number of pyridine rings is 1. The fourth-order valence-corrected chi connectivity index (χ4v) is 2.04. The van der Waals surface area contributed by atoms with Crippen molar-refractivity contribution in [2.75, 3.05) is 13.1 Å². The first-order chi connectivity index (χ1) is 7.65. The number of rotatable bonds is 3. The van der Waals surface area contributed by atoms with E-state index in [4.69, 9.17) is 5.11 Å². The van der Waals surface area contributed by atoms with Gasteiger partial charge in [-0.3, -0.25) is 9.88 Å². The monoisotopic (exact) mass is 220 g/mol. The summed E-state index contributed by atoms with van der Waals surface area (Å²) < 4.78 is 0. The third kappa shape index (κ3) is 2.58. The van der Waals surface area contributed by atoms with Crippen LogP contribution >= 0.6 is 0 Å². The molecule has 1 aliphatic rings. The summed E-state index contributed by atoms with van der Waals surface area (Å²) in [7, 11) is 0. The fourth-order valence-electron chi connectivity index (χ4n) is 2.04. The third-order valence-electron chi connectivity index (χ3n) is 2.97. The zero-order valence-electron chi connectivity index (χ0n) is 9.39. The van der Waals surface area contributed by atoms with Gasteiger partial charge in [0.05, 0.1) is 11.3 Å². The molecule has 0 aliphatic carbocycles. The van der Waals surface area contributed by atoms with E-state index in [9.17, 15) is 4.79 Å². The van der Waals surface area contributed by atoms with Gasteiger partial charge in [0.2, 0.25) is 0 Å². The molecule has 4 heteroatoms. The van der Waals surface area contributed by atoms with Crippen LogP contribution in [0.3, 0.4) is 0 Å². The van der Waals surface area contributed by atoms with Gasteiger partial charge in [0.15, 0.2) is 0 Å². The average Bonchev–Trinajstić information content (AvgIpc) is 2.65. The van der Waals surface area contributed by atoms with Crippen LogP contribution in [0.4, 0.5) is 0 Å². The summed E-state index contributed by atoms with van der Waals surface area (Å²) in [5.41, 5.74) is 1.19. The Kier molecular flexibility index (Phi) is 3.19. The summed E-state index contributed by atoms with van der Waals surface area (Å²) in [5, 5.41) is 8.74. The molecule has 1 aromatic rings. The molecule has 1 fully saturated rings. The van der Waals surface area contributed by atoms with Crippen molar-refractivity contribution in [2.45, 2.75) is 19.9 Å². The highest BCUT2D eigenvalue weighted by Gasteiger charge is 2.18. The van der Waals surface area contributed by atoms with Gasteiger partial charge in [-0.2, -0.15) is 0 Å². The van der Waals surface area contributed by atoms with Crippen molar-refractivity contribution in [3.05, 3.63) is 29.6 Å². The molecule has 86 valence electrons. The van der Waals surface area contributed by atoms with Gasteiger partial charge >= 0.3 is 5.97 Å². The summed E-state index contributed by atoms with van der Waals surface area (Å²) in [6.45, 7) is 5.30. The van der Waals surface area contributed by atoms with Crippen LogP contribution in [0.5, 0.6) is 0 Å². The molecule has 1 aliphatic heterocycles. The van der Waals surface area contributed by atoms with Crippen LogP contribution in [0.2, 0.25) is 0 Å². The van der Waals surface area contributed by atoms with E-state index in [0.717, 1.165) is 31.2 Å². The van der Waals surface area contributed by atoms with Crippen LogP contribution in [0.15, 0.2) is 18.3 Å². The Morgan fingerprint density at radius 2 is 2.44 bits per heavy atom. The van der Waals surface area contributed by atoms with Crippen LogP contribution in [0, 0.1) is 5.92 Å². The van der Waals surface area contributed by atoms with Gasteiger partial charge in [0.25, 0.3) is 0 Å². The Bertz CT molecular complexity index is 375. The molecule has 1 unspecified atom stereocenters. The number of aromatic nitrogens is 1. The summed E-state index contributed by atoms with van der Waals surface area (Å²) in [5.74, 6) is -0.160. The Morgan fingerprint density at radius 1 is 1.62 bits per heavy atom. The minimum absolute atomic E-state index is 0.249. The highest BCUT2D eigenvalue weighted by atomic mass is 16.4. The van der Waals surface area contributed by atoms with Crippen molar-refractivity contribution in [3.63, 3.8) is 0 Å². The lowest BCUT2D eigenvalue weighted by Gasteiger charge is -2.14. The zero-order valence-corrected chi connectivity index (χ0v) is 9.39. The van der Waals surface area contributed by atoms with Crippen molar-refractivity contribution >= 4 is 5.97 Å². The van der Waals surface area contributed by atoms with Crippen molar-refractivity contribution < 1.29 is 9.90 Å². The molecule has 1 aromatic heterocycles. The molecule has 1 N–H and O–H groups in total. The van der Waals surface area contributed by atoms with Gasteiger partial charge in [0, 0.05) is 19.3 Å².